The molecule has 0 aromatic carbocycles. The van der Waals surface area contributed by atoms with Crippen molar-refractivity contribution in [2.75, 3.05) is 6.54 Å². The van der Waals surface area contributed by atoms with Gasteiger partial charge in [0.1, 0.15) is 5.25 Å². The zero-order chi connectivity index (χ0) is 15.8. The number of amides is 1. The van der Waals surface area contributed by atoms with E-state index in [-0.39, 0.29) is 25.2 Å². The first kappa shape index (κ1) is 16.0. The molecule has 10 heteroatoms. The Kier molecular flexibility index (Phi) is 4.16. The lowest BCUT2D eigenvalue weighted by atomic mass is 10.2. The number of nitrogens with zero attached hydrogens (tertiary/aromatic N) is 2. The Labute approximate surface area is 123 Å². The summed E-state index contributed by atoms with van der Waals surface area (Å²) in [6.07, 6.45) is -4.04. The van der Waals surface area contributed by atoms with Crippen LogP contribution in [0.2, 0.25) is 0 Å². The van der Waals surface area contributed by atoms with Crippen LogP contribution in [-0.4, -0.2) is 36.0 Å². The summed E-state index contributed by atoms with van der Waals surface area (Å²) in [7, 11) is 1.35. The van der Waals surface area contributed by atoms with Crippen LogP contribution < -0.4 is 0 Å². The van der Waals surface area contributed by atoms with Crippen molar-refractivity contribution in [1.82, 2.24) is 9.88 Å². The smallest absolute Gasteiger partial charge is 0.335 e. The van der Waals surface area contributed by atoms with Crippen LogP contribution in [0.25, 0.3) is 0 Å². The van der Waals surface area contributed by atoms with Crippen molar-refractivity contribution >= 4 is 25.6 Å². The van der Waals surface area contributed by atoms with Crippen molar-refractivity contribution in [2.24, 2.45) is 0 Å². The SMILES string of the molecule is O=C1CC(S(=O)(=O)Cl)CN1Cc1ccc(C(F)(F)F)cn1. The number of alkyl halides is 3. The van der Waals surface area contributed by atoms with E-state index in [1.54, 1.807) is 0 Å². The second-order valence-electron chi connectivity index (χ2n) is 4.61. The van der Waals surface area contributed by atoms with Crippen molar-refractivity contribution in [3.8, 4) is 0 Å². The Balaban J connectivity index is 2.07. The van der Waals surface area contributed by atoms with Crippen LogP contribution in [0.4, 0.5) is 13.2 Å². The molecule has 116 valence electrons. The van der Waals surface area contributed by atoms with Crippen molar-refractivity contribution in [3.63, 3.8) is 0 Å². The second-order valence-corrected chi connectivity index (χ2v) is 7.52. The molecular weight excluding hydrogens is 333 g/mol. The summed E-state index contributed by atoms with van der Waals surface area (Å²) in [5.41, 5.74) is -0.649. The minimum Gasteiger partial charge on any atom is -0.335 e. The van der Waals surface area contributed by atoms with Crippen LogP contribution >= 0.6 is 10.7 Å². The molecule has 0 bridgehead atoms. The van der Waals surface area contributed by atoms with Gasteiger partial charge in [0, 0.05) is 29.8 Å². The maximum Gasteiger partial charge on any atom is 0.417 e. The van der Waals surface area contributed by atoms with E-state index in [1.165, 1.54) is 4.90 Å². The van der Waals surface area contributed by atoms with Gasteiger partial charge in [0.15, 0.2) is 0 Å². The number of rotatable bonds is 3. The van der Waals surface area contributed by atoms with Crippen LogP contribution in [-0.2, 0) is 26.6 Å². The van der Waals surface area contributed by atoms with E-state index in [4.69, 9.17) is 10.7 Å². The molecule has 2 heterocycles. The fourth-order valence-electron chi connectivity index (χ4n) is 1.96. The maximum atomic E-state index is 12.4. The summed E-state index contributed by atoms with van der Waals surface area (Å²) in [6.45, 7) is -0.146. The summed E-state index contributed by atoms with van der Waals surface area (Å²) < 4.78 is 59.5. The third kappa shape index (κ3) is 3.85. The third-order valence-corrected chi connectivity index (χ3v) is 4.95. The highest BCUT2D eigenvalue weighted by molar-refractivity contribution is 8.14. The number of hydrogen-bond acceptors (Lipinski definition) is 4. The highest BCUT2D eigenvalue weighted by Crippen LogP contribution is 2.29. The highest BCUT2D eigenvalue weighted by Gasteiger charge is 2.37. The molecule has 0 spiro atoms. The summed E-state index contributed by atoms with van der Waals surface area (Å²) >= 11 is 0. The molecule has 1 atom stereocenters. The molecule has 1 aromatic rings. The van der Waals surface area contributed by atoms with Gasteiger partial charge in [-0.25, -0.2) is 8.42 Å². The fraction of sp³-hybridized carbons (Fsp3) is 0.455. The fourth-order valence-corrected chi connectivity index (χ4v) is 3.02. The van der Waals surface area contributed by atoms with Gasteiger partial charge in [0.2, 0.25) is 15.0 Å². The lowest BCUT2D eigenvalue weighted by Crippen LogP contribution is -2.27. The van der Waals surface area contributed by atoms with Gasteiger partial charge in [-0.3, -0.25) is 9.78 Å². The highest BCUT2D eigenvalue weighted by atomic mass is 35.7. The van der Waals surface area contributed by atoms with E-state index in [2.05, 4.69) is 4.98 Å². The van der Waals surface area contributed by atoms with Crippen molar-refractivity contribution in [3.05, 3.63) is 29.6 Å². The molecule has 1 unspecified atom stereocenters. The number of aromatic nitrogens is 1. The van der Waals surface area contributed by atoms with E-state index in [9.17, 15) is 26.4 Å². The number of halogens is 4. The molecule has 0 saturated carbocycles. The first-order chi connectivity index (χ1) is 9.57. The van der Waals surface area contributed by atoms with Gasteiger partial charge in [-0.15, -0.1) is 0 Å². The molecule has 2 rings (SSSR count). The Bertz CT molecular complexity index is 646. The monoisotopic (exact) mass is 342 g/mol. The average Bonchev–Trinajstić information content (AvgIpc) is 2.70. The van der Waals surface area contributed by atoms with E-state index >= 15 is 0 Å². The lowest BCUT2D eigenvalue weighted by Gasteiger charge is -2.15. The van der Waals surface area contributed by atoms with Gasteiger partial charge in [-0.05, 0) is 12.1 Å². The van der Waals surface area contributed by atoms with Crippen molar-refractivity contribution < 1.29 is 26.4 Å². The second kappa shape index (κ2) is 5.45. The Morgan fingerprint density at radius 2 is 2.05 bits per heavy atom. The first-order valence-corrected chi connectivity index (χ1v) is 8.18. The Morgan fingerprint density at radius 1 is 1.38 bits per heavy atom. The summed E-state index contributed by atoms with van der Waals surface area (Å²) in [6, 6.07) is 2.01. The molecule has 0 aliphatic carbocycles. The summed E-state index contributed by atoms with van der Waals surface area (Å²) in [5, 5.41) is -0.999. The lowest BCUT2D eigenvalue weighted by molar-refractivity contribution is -0.138. The maximum absolute atomic E-state index is 12.4. The number of likely N-dealkylation sites (tertiary alicyclic amines) is 1. The molecule has 1 saturated heterocycles. The van der Waals surface area contributed by atoms with Gasteiger partial charge < -0.3 is 4.90 Å². The molecule has 5 nitrogen and oxygen atoms in total. The predicted molar refractivity (Wildman–Crippen MR) is 67.8 cm³/mol. The van der Waals surface area contributed by atoms with Gasteiger partial charge in [-0.1, -0.05) is 0 Å². The molecular formula is C11H10ClF3N2O3S. The molecule has 1 aliphatic heterocycles. The number of hydrogen-bond donors (Lipinski definition) is 0. The van der Waals surface area contributed by atoms with E-state index in [0.717, 1.165) is 12.1 Å². The molecule has 1 aromatic heterocycles. The van der Waals surface area contributed by atoms with Crippen LogP contribution in [0.15, 0.2) is 18.3 Å². The van der Waals surface area contributed by atoms with Gasteiger partial charge in [-0.2, -0.15) is 13.2 Å². The average molecular weight is 343 g/mol. The van der Waals surface area contributed by atoms with Gasteiger partial charge in [0.05, 0.1) is 17.8 Å². The van der Waals surface area contributed by atoms with Crippen LogP contribution in [0.5, 0.6) is 0 Å². The number of carbonyl (C=O) groups is 1. The van der Waals surface area contributed by atoms with E-state index < -0.39 is 31.9 Å². The topological polar surface area (TPSA) is 67.3 Å². The van der Waals surface area contributed by atoms with E-state index in [1.807, 2.05) is 0 Å². The van der Waals surface area contributed by atoms with Crippen LogP contribution in [0.1, 0.15) is 17.7 Å². The normalized spacial score (nSPS) is 20.1. The molecule has 1 amide bonds. The summed E-state index contributed by atoms with van der Waals surface area (Å²) in [4.78, 5) is 16.5. The number of carbonyl (C=O) groups excluding carboxylic acids is 1. The largest absolute Gasteiger partial charge is 0.417 e. The quantitative estimate of drug-likeness (QED) is 0.785. The van der Waals surface area contributed by atoms with Crippen LogP contribution in [0, 0.1) is 0 Å². The first-order valence-electron chi connectivity index (χ1n) is 5.81. The molecule has 1 fully saturated rings. The van der Waals surface area contributed by atoms with Crippen molar-refractivity contribution in [2.45, 2.75) is 24.4 Å². The molecule has 0 N–H and O–H groups in total. The predicted octanol–water partition coefficient (Wildman–Crippen LogP) is 1.77. The minimum absolute atomic E-state index is 0.0557. The zero-order valence-electron chi connectivity index (χ0n) is 10.5. The molecule has 21 heavy (non-hydrogen) atoms. The van der Waals surface area contributed by atoms with Crippen LogP contribution in [0.3, 0.4) is 0 Å². The van der Waals surface area contributed by atoms with E-state index in [0.29, 0.717) is 6.20 Å². The zero-order valence-corrected chi connectivity index (χ0v) is 12.0. The standard InChI is InChI=1S/C11H10ClF3N2O3S/c12-21(19,20)9-3-10(18)17(6-9)5-8-2-1-7(4-16-8)11(13,14)15/h1-2,4,9H,3,5-6H2. The number of pyridine rings is 1. The minimum atomic E-state index is -4.48. The van der Waals surface area contributed by atoms with Gasteiger partial charge in [0.25, 0.3) is 0 Å². The Hall–Kier alpha value is -1.35. The molecule has 1 aliphatic rings. The van der Waals surface area contributed by atoms with Crippen molar-refractivity contribution in [1.29, 1.82) is 0 Å². The Morgan fingerprint density at radius 3 is 2.48 bits per heavy atom. The third-order valence-electron chi connectivity index (χ3n) is 3.08. The molecule has 0 radical (unpaired) electrons. The summed E-state index contributed by atoms with van der Waals surface area (Å²) in [5.74, 6) is -0.425. The van der Waals surface area contributed by atoms with Gasteiger partial charge >= 0.3 is 6.18 Å².